The van der Waals surface area contributed by atoms with Gasteiger partial charge in [-0.2, -0.15) is 4.31 Å². The van der Waals surface area contributed by atoms with Gasteiger partial charge in [0.05, 0.1) is 24.5 Å². The lowest BCUT2D eigenvalue weighted by Crippen LogP contribution is -2.57. The van der Waals surface area contributed by atoms with Crippen LogP contribution in [0.2, 0.25) is 0 Å². The van der Waals surface area contributed by atoms with E-state index in [4.69, 9.17) is 10.3 Å². The molecular weight excluding hydrogens is 316 g/mol. The summed E-state index contributed by atoms with van der Waals surface area (Å²) in [5.41, 5.74) is 8.03. The number of rotatable bonds is 7. The predicted molar refractivity (Wildman–Crippen MR) is 91.6 cm³/mol. The van der Waals surface area contributed by atoms with Crippen molar-refractivity contribution in [2.75, 3.05) is 19.4 Å². The first-order valence-corrected chi connectivity index (χ1v) is 9.74. The van der Waals surface area contributed by atoms with Crippen LogP contribution in [0.4, 0.5) is 0 Å². The first-order valence-electron chi connectivity index (χ1n) is 8.13. The van der Waals surface area contributed by atoms with Gasteiger partial charge in [-0.3, -0.25) is 0 Å². The van der Waals surface area contributed by atoms with E-state index in [0.717, 1.165) is 0 Å². The minimum absolute atomic E-state index is 0.0342. The average Bonchev–Trinajstić information content (AvgIpc) is 2.44. The van der Waals surface area contributed by atoms with E-state index < -0.39 is 15.6 Å². The molecule has 7 nitrogen and oxygen atoms in total. The van der Waals surface area contributed by atoms with Crippen molar-refractivity contribution >= 4 is 10.0 Å². The van der Waals surface area contributed by atoms with Crippen molar-refractivity contribution in [2.45, 2.75) is 71.6 Å². The highest BCUT2D eigenvalue weighted by atomic mass is 32.2. The molecule has 0 aromatic heterocycles. The maximum absolute atomic E-state index is 12.3. The predicted octanol–water partition coefficient (Wildman–Crippen LogP) is 3.32. The van der Waals surface area contributed by atoms with Gasteiger partial charge in [-0.05, 0) is 44.1 Å². The monoisotopic (exact) mass is 346 g/mol. The minimum atomic E-state index is -3.25. The largest absolute Gasteiger partial charge is 0.377 e. The minimum Gasteiger partial charge on any atom is -0.377 e. The molecule has 0 aliphatic carbocycles. The molecule has 3 atom stereocenters. The third kappa shape index (κ3) is 4.83. The first-order chi connectivity index (χ1) is 10.5. The van der Waals surface area contributed by atoms with Crippen LogP contribution in [0.1, 0.15) is 53.9 Å². The molecule has 3 unspecified atom stereocenters. The van der Waals surface area contributed by atoms with Crippen molar-refractivity contribution in [3.05, 3.63) is 10.4 Å². The highest BCUT2D eigenvalue weighted by molar-refractivity contribution is 7.89. The van der Waals surface area contributed by atoms with Gasteiger partial charge >= 0.3 is 0 Å². The van der Waals surface area contributed by atoms with E-state index in [1.54, 1.807) is 7.05 Å². The Morgan fingerprint density at radius 3 is 2.61 bits per heavy atom. The van der Waals surface area contributed by atoms with E-state index in [0.29, 0.717) is 25.9 Å². The molecule has 134 valence electrons. The molecule has 8 heteroatoms. The fraction of sp³-hybridized carbons (Fsp3) is 1.00. The van der Waals surface area contributed by atoms with Crippen molar-refractivity contribution < 1.29 is 13.2 Å². The molecule has 1 fully saturated rings. The quantitative estimate of drug-likeness (QED) is 0.402. The zero-order valence-electron chi connectivity index (χ0n) is 15.1. The Morgan fingerprint density at radius 1 is 1.52 bits per heavy atom. The summed E-state index contributed by atoms with van der Waals surface area (Å²) in [6.45, 7) is 10.2. The van der Waals surface area contributed by atoms with Crippen LogP contribution in [0.15, 0.2) is 5.11 Å². The van der Waals surface area contributed by atoms with Gasteiger partial charge < -0.3 is 4.74 Å². The molecule has 0 aromatic carbocycles. The smallest absolute Gasteiger partial charge is 0.214 e. The normalized spacial score (nSPS) is 30.7. The molecule has 1 saturated heterocycles. The van der Waals surface area contributed by atoms with E-state index in [1.807, 2.05) is 27.7 Å². The van der Waals surface area contributed by atoms with Crippen LogP contribution in [0, 0.1) is 5.41 Å². The number of azide groups is 1. The van der Waals surface area contributed by atoms with Gasteiger partial charge in [0.2, 0.25) is 10.0 Å². The maximum atomic E-state index is 12.3. The summed E-state index contributed by atoms with van der Waals surface area (Å²) in [5, 5.41) is 3.98. The molecule has 1 aliphatic rings. The van der Waals surface area contributed by atoms with Gasteiger partial charge in [0.25, 0.3) is 0 Å². The molecule has 1 heterocycles. The Kier molecular flexibility index (Phi) is 6.49. The van der Waals surface area contributed by atoms with Crippen molar-refractivity contribution in [1.29, 1.82) is 0 Å². The second kappa shape index (κ2) is 7.38. The summed E-state index contributed by atoms with van der Waals surface area (Å²) in [5.74, 6) is 0.119. The third-order valence-electron chi connectivity index (χ3n) is 5.03. The SMILES string of the molecule is CCC(C)(CC1(C)CCS(=O)(=O)N(C)C1COC(C)C)N=[N+]=[N-]. The number of sulfonamides is 1. The van der Waals surface area contributed by atoms with Crippen LogP contribution in [-0.2, 0) is 14.8 Å². The van der Waals surface area contributed by atoms with Crippen LogP contribution in [-0.4, -0.2) is 49.8 Å². The molecule has 1 rings (SSSR count). The number of ether oxygens (including phenoxy) is 1. The molecular formula is C15H30N4O3S. The Hall–Kier alpha value is -0.820. The van der Waals surface area contributed by atoms with E-state index in [2.05, 4.69) is 16.9 Å². The van der Waals surface area contributed by atoms with Gasteiger partial charge in [-0.1, -0.05) is 25.9 Å². The Morgan fingerprint density at radius 2 is 2.13 bits per heavy atom. The average molecular weight is 346 g/mol. The molecule has 1 aliphatic heterocycles. The van der Waals surface area contributed by atoms with Crippen LogP contribution in [0.25, 0.3) is 10.4 Å². The standard InChI is InChI=1S/C15H30N4O3S/c1-7-15(5,17-18-16)11-14(4)8-9-23(20,21)19(6)13(14)10-22-12(2)3/h12-13H,7-11H2,1-6H3. The molecule has 0 saturated carbocycles. The molecule has 0 radical (unpaired) electrons. The van der Waals surface area contributed by atoms with Gasteiger partial charge in [0.1, 0.15) is 0 Å². The van der Waals surface area contributed by atoms with E-state index >= 15 is 0 Å². The first kappa shape index (κ1) is 20.2. The van der Waals surface area contributed by atoms with Gasteiger partial charge in [-0.15, -0.1) is 0 Å². The molecule has 0 bridgehead atoms. The Bertz CT molecular complexity index is 559. The van der Waals surface area contributed by atoms with Crippen molar-refractivity contribution in [3.8, 4) is 0 Å². The van der Waals surface area contributed by atoms with E-state index in [1.165, 1.54) is 4.31 Å². The zero-order valence-corrected chi connectivity index (χ0v) is 15.9. The summed E-state index contributed by atoms with van der Waals surface area (Å²) < 4.78 is 31.7. The fourth-order valence-electron chi connectivity index (χ4n) is 3.31. The number of hydrogen-bond donors (Lipinski definition) is 0. The topological polar surface area (TPSA) is 95.4 Å². The maximum Gasteiger partial charge on any atom is 0.214 e. The van der Waals surface area contributed by atoms with Crippen molar-refractivity contribution in [1.82, 2.24) is 4.31 Å². The van der Waals surface area contributed by atoms with Crippen molar-refractivity contribution in [2.24, 2.45) is 10.5 Å². The highest BCUT2D eigenvalue weighted by Gasteiger charge is 2.48. The van der Waals surface area contributed by atoms with E-state index in [-0.39, 0.29) is 23.3 Å². The summed E-state index contributed by atoms with van der Waals surface area (Å²) in [6.07, 6.45) is 1.92. The molecule has 0 N–H and O–H groups in total. The second-order valence-electron chi connectivity index (χ2n) is 7.35. The van der Waals surface area contributed by atoms with Crippen LogP contribution in [0.5, 0.6) is 0 Å². The highest BCUT2D eigenvalue weighted by Crippen LogP contribution is 2.44. The lowest BCUT2D eigenvalue weighted by Gasteiger charge is -2.49. The van der Waals surface area contributed by atoms with Crippen LogP contribution in [0.3, 0.4) is 0 Å². The third-order valence-corrected chi connectivity index (χ3v) is 6.89. The fourth-order valence-corrected chi connectivity index (χ4v) is 5.03. The zero-order chi connectivity index (χ0) is 17.9. The van der Waals surface area contributed by atoms with Gasteiger partial charge in [0.15, 0.2) is 0 Å². The summed E-state index contributed by atoms with van der Waals surface area (Å²) in [7, 11) is -1.63. The Balaban J connectivity index is 3.14. The number of nitrogens with zero attached hydrogens (tertiary/aromatic N) is 4. The Labute approximate surface area is 140 Å². The van der Waals surface area contributed by atoms with Gasteiger partial charge in [0, 0.05) is 17.5 Å². The van der Waals surface area contributed by atoms with Gasteiger partial charge in [-0.25, -0.2) is 8.42 Å². The molecule has 0 amide bonds. The summed E-state index contributed by atoms with van der Waals surface area (Å²) in [4.78, 5) is 2.98. The summed E-state index contributed by atoms with van der Waals surface area (Å²) in [6, 6.07) is -0.261. The number of likely N-dealkylation sites (N-methyl/N-ethyl adjacent to an activating group) is 1. The van der Waals surface area contributed by atoms with Crippen LogP contribution < -0.4 is 0 Å². The summed E-state index contributed by atoms with van der Waals surface area (Å²) >= 11 is 0. The second-order valence-corrected chi connectivity index (χ2v) is 9.50. The lowest BCUT2D eigenvalue weighted by molar-refractivity contribution is -0.00919. The molecule has 23 heavy (non-hydrogen) atoms. The number of hydrogen-bond acceptors (Lipinski definition) is 4. The van der Waals surface area contributed by atoms with Crippen LogP contribution >= 0.6 is 0 Å². The lowest BCUT2D eigenvalue weighted by atomic mass is 9.70. The van der Waals surface area contributed by atoms with E-state index in [9.17, 15) is 8.42 Å². The van der Waals surface area contributed by atoms with Crippen molar-refractivity contribution in [3.63, 3.8) is 0 Å². The molecule has 0 aromatic rings. The molecule has 0 spiro atoms.